The van der Waals surface area contributed by atoms with Crippen molar-refractivity contribution < 1.29 is 0 Å². The van der Waals surface area contributed by atoms with Crippen LogP contribution >= 0.6 is 0 Å². The van der Waals surface area contributed by atoms with Gasteiger partial charge in [0.15, 0.2) is 0 Å². The normalized spacial score (nSPS) is 16.8. The van der Waals surface area contributed by atoms with Crippen molar-refractivity contribution in [1.82, 2.24) is 9.78 Å². The highest BCUT2D eigenvalue weighted by Crippen LogP contribution is 2.32. The van der Waals surface area contributed by atoms with E-state index < -0.39 is 0 Å². The van der Waals surface area contributed by atoms with Crippen LogP contribution in [0.15, 0.2) is 12.4 Å². The summed E-state index contributed by atoms with van der Waals surface area (Å²) in [6.45, 7) is 6.04. The number of rotatable bonds is 4. The molecule has 1 fully saturated rings. The summed E-state index contributed by atoms with van der Waals surface area (Å²) in [4.78, 5) is 0. The van der Waals surface area contributed by atoms with Gasteiger partial charge >= 0.3 is 0 Å². The molecule has 0 bridgehead atoms. The summed E-state index contributed by atoms with van der Waals surface area (Å²) < 4.78 is 1.98. The first-order valence-electron chi connectivity index (χ1n) is 7.17. The van der Waals surface area contributed by atoms with Crippen molar-refractivity contribution >= 4 is 0 Å². The van der Waals surface area contributed by atoms with Gasteiger partial charge in [-0.3, -0.25) is 4.68 Å². The average Bonchev–Trinajstić information content (AvgIpc) is 3.03. The molecular formula is C15H25N3. The van der Waals surface area contributed by atoms with Gasteiger partial charge in [0.05, 0.1) is 24.7 Å². The van der Waals surface area contributed by atoms with E-state index in [4.69, 9.17) is 5.26 Å². The van der Waals surface area contributed by atoms with Crippen molar-refractivity contribution in [3.8, 4) is 6.07 Å². The molecule has 1 unspecified atom stereocenters. The second-order valence-corrected chi connectivity index (χ2v) is 4.90. The van der Waals surface area contributed by atoms with Crippen LogP contribution in [0.25, 0.3) is 0 Å². The Morgan fingerprint density at radius 2 is 2.11 bits per heavy atom. The van der Waals surface area contributed by atoms with Crippen molar-refractivity contribution in [1.29, 1.82) is 5.26 Å². The lowest BCUT2D eigenvalue weighted by Crippen LogP contribution is -2.13. The molecule has 1 aliphatic rings. The topological polar surface area (TPSA) is 41.6 Å². The minimum Gasteiger partial charge on any atom is -0.268 e. The number of aromatic nitrogens is 2. The van der Waals surface area contributed by atoms with E-state index in [2.05, 4.69) is 17.4 Å². The molecule has 0 aromatic carbocycles. The fraction of sp³-hybridized carbons (Fsp3) is 0.733. The van der Waals surface area contributed by atoms with Gasteiger partial charge in [-0.25, -0.2) is 0 Å². The second-order valence-electron chi connectivity index (χ2n) is 4.90. The molecule has 1 aliphatic carbocycles. The van der Waals surface area contributed by atoms with Crippen molar-refractivity contribution in [3.05, 3.63) is 18.0 Å². The molecule has 0 radical (unpaired) electrons. The van der Waals surface area contributed by atoms with E-state index in [0.717, 1.165) is 12.3 Å². The van der Waals surface area contributed by atoms with Crippen LogP contribution in [0.1, 0.15) is 64.0 Å². The van der Waals surface area contributed by atoms with Crippen LogP contribution in [-0.4, -0.2) is 9.78 Å². The molecule has 100 valence electrons. The number of nitrogens with zero attached hydrogens (tertiary/aromatic N) is 3. The second kappa shape index (κ2) is 7.92. The largest absolute Gasteiger partial charge is 0.268 e. The highest BCUT2D eigenvalue weighted by molar-refractivity contribution is 5.01. The maximum absolute atomic E-state index is 8.89. The van der Waals surface area contributed by atoms with Gasteiger partial charge in [0.1, 0.15) is 0 Å². The predicted octanol–water partition coefficient (Wildman–Crippen LogP) is 4.25. The van der Waals surface area contributed by atoms with Crippen LogP contribution in [0, 0.1) is 24.2 Å². The van der Waals surface area contributed by atoms with E-state index >= 15 is 0 Å². The standard InChI is InChI=1S/C13H19N3.C2H6/c1-11-9-15-16(10-11)13(6-7-14)8-12-4-2-3-5-12;1-2/h9-10,12-13H,2-6,8H2,1H3;1-2H3. The maximum atomic E-state index is 8.89. The Kier molecular flexibility index (Phi) is 6.49. The number of aryl methyl sites for hydroxylation is 1. The molecular weight excluding hydrogens is 222 g/mol. The van der Waals surface area contributed by atoms with Crippen LogP contribution in [0.3, 0.4) is 0 Å². The highest BCUT2D eigenvalue weighted by Gasteiger charge is 2.21. The van der Waals surface area contributed by atoms with Gasteiger partial charge in [-0.1, -0.05) is 39.5 Å². The first-order chi connectivity index (χ1) is 8.79. The van der Waals surface area contributed by atoms with Crippen LogP contribution in [0.5, 0.6) is 0 Å². The van der Waals surface area contributed by atoms with Crippen molar-refractivity contribution in [2.45, 2.75) is 65.3 Å². The first-order valence-corrected chi connectivity index (χ1v) is 7.17. The van der Waals surface area contributed by atoms with Crippen molar-refractivity contribution in [2.24, 2.45) is 5.92 Å². The number of nitriles is 1. The van der Waals surface area contributed by atoms with Crippen LogP contribution in [0.2, 0.25) is 0 Å². The van der Waals surface area contributed by atoms with E-state index in [1.165, 1.54) is 31.2 Å². The molecule has 3 heteroatoms. The van der Waals surface area contributed by atoms with Gasteiger partial charge < -0.3 is 0 Å². The molecule has 2 rings (SSSR count). The smallest absolute Gasteiger partial charge is 0.0651 e. The third kappa shape index (κ3) is 4.18. The van der Waals surface area contributed by atoms with Gasteiger partial charge in [0.2, 0.25) is 0 Å². The molecule has 0 N–H and O–H groups in total. The van der Waals surface area contributed by atoms with E-state index in [1.807, 2.05) is 31.6 Å². The lowest BCUT2D eigenvalue weighted by molar-refractivity contribution is 0.350. The zero-order valence-electron chi connectivity index (χ0n) is 11.9. The first kappa shape index (κ1) is 14.8. The van der Waals surface area contributed by atoms with Gasteiger partial charge in [-0.05, 0) is 24.8 Å². The summed E-state index contributed by atoms with van der Waals surface area (Å²) in [6.07, 6.45) is 11.0. The third-order valence-corrected chi connectivity index (χ3v) is 3.51. The zero-order chi connectivity index (χ0) is 13.4. The molecule has 0 aliphatic heterocycles. The fourth-order valence-electron chi connectivity index (χ4n) is 2.65. The molecule has 18 heavy (non-hydrogen) atoms. The highest BCUT2D eigenvalue weighted by atomic mass is 15.3. The molecule has 1 aromatic rings. The predicted molar refractivity (Wildman–Crippen MR) is 74.2 cm³/mol. The quantitative estimate of drug-likeness (QED) is 0.798. The Labute approximate surface area is 111 Å². The van der Waals surface area contributed by atoms with Crippen LogP contribution in [0.4, 0.5) is 0 Å². The molecule has 0 amide bonds. The van der Waals surface area contributed by atoms with E-state index in [0.29, 0.717) is 6.42 Å². The molecule has 0 saturated heterocycles. The van der Waals surface area contributed by atoms with Crippen LogP contribution in [-0.2, 0) is 0 Å². The van der Waals surface area contributed by atoms with E-state index in [-0.39, 0.29) is 6.04 Å². The lowest BCUT2D eigenvalue weighted by atomic mass is 9.97. The van der Waals surface area contributed by atoms with Gasteiger partial charge in [0.25, 0.3) is 0 Å². The SMILES string of the molecule is CC.Cc1cnn(C(CC#N)CC2CCCC2)c1. The van der Waals surface area contributed by atoms with Crippen molar-refractivity contribution in [2.75, 3.05) is 0 Å². The van der Waals surface area contributed by atoms with Crippen LogP contribution < -0.4 is 0 Å². The molecule has 1 saturated carbocycles. The van der Waals surface area contributed by atoms with E-state index in [9.17, 15) is 0 Å². The minimum atomic E-state index is 0.279. The Bertz CT molecular complexity index is 369. The zero-order valence-corrected chi connectivity index (χ0v) is 11.9. The maximum Gasteiger partial charge on any atom is 0.0651 e. The Morgan fingerprint density at radius 3 is 2.61 bits per heavy atom. The van der Waals surface area contributed by atoms with E-state index in [1.54, 1.807) is 0 Å². The average molecular weight is 247 g/mol. The van der Waals surface area contributed by atoms with Gasteiger partial charge in [-0.15, -0.1) is 0 Å². The van der Waals surface area contributed by atoms with Crippen molar-refractivity contribution in [3.63, 3.8) is 0 Å². The molecule has 3 nitrogen and oxygen atoms in total. The number of hydrogen-bond donors (Lipinski definition) is 0. The summed E-state index contributed by atoms with van der Waals surface area (Å²) in [5.41, 5.74) is 1.18. The lowest BCUT2D eigenvalue weighted by Gasteiger charge is -2.18. The number of hydrogen-bond acceptors (Lipinski definition) is 2. The van der Waals surface area contributed by atoms with Gasteiger partial charge in [-0.2, -0.15) is 10.4 Å². The summed E-state index contributed by atoms with van der Waals surface area (Å²) in [6, 6.07) is 2.57. The Hall–Kier alpha value is -1.30. The Morgan fingerprint density at radius 1 is 1.44 bits per heavy atom. The summed E-state index contributed by atoms with van der Waals surface area (Å²) in [7, 11) is 0. The summed E-state index contributed by atoms with van der Waals surface area (Å²) in [5, 5.41) is 13.2. The minimum absolute atomic E-state index is 0.279. The third-order valence-electron chi connectivity index (χ3n) is 3.51. The molecule has 1 aromatic heterocycles. The molecule has 0 spiro atoms. The Balaban J connectivity index is 0.000000771. The summed E-state index contributed by atoms with van der Waals surface area (Å²) in [5.74, 6) is 0.808. The molecule has 1 atom stereocenters. The van der Waals surface area contributed by atoms with Gasteiger partial charge in [0, 0.05) is 6.20 Å². The fourth-order valence-corrected chi connectivity index (χ4v) is 2.65. The summed E-state index contributed by atoms with van der Waals surface area (Å²) >= 11 is 0. The monoisotopic (exact) mass is 247 g/mol. The molecule has 1 heterocycles.